The first-order valence-electron chi connectivity index (χ1n) is 9.58. The Morgan fingerprint density at radius 1 is 0.867 bits per heavy atom. The zero-order valence-electron chi connectivity index (χ0n) is 16.7. The van der Waals surface area contributed by atoms with Crippen LogP contribution < -0.4 is 5.32 Å². The lowest BCUT2D eigenvalue weighted by atomic mass is 10.1. The molecule has 0 aliphatic rings. The SMILES string of the molecule is Cc1ccc(NC(=O)[C@@H](Sc2nnc(-c3ccc(C)cc3)o2)c2ccccc2)cc1. The summed E-state index contributed by atoms with van der Waals surface area (Å²) < 4.78 is 5.84. The van der Waals surface area contributed by atoms with Crippen LogP contribution >= 0.6 is 11.8 Å². The number of aryl methyl sites for hydroxylation is 2. The van der Waals surface area contributed by atoms with Crippen LogP contribution in [0.1, 0.15) is 21.9 Å². The molecule has 30 heavy (non-hydrogen) atoms. The maximum atomic E-state index is 13.1. The van der Waals surface area contributed by atoms with Crippen LogP contribution in [0.5, 0.6) is 0 Å². The number of nitrogens with one attached hydrogen (secondary N) is 1. The summed E-state index contributed by atoms with van der Waals surface area (Å²) in [4.78, 5) is 13.1. The molecule has 0 radical (unpaired) electrons. The minimum absolute atomic E-state index is 0.148. The number of anilines is 1. The van der Waals surface area contributed by atoms with E-state index in [-0.39, 0.29) is 5.91 Å². The molecular weight excluding hydrogens is 394 g/mol. The van der Waals surface area contributed by atoms with E-state index in [1.165, 1.54) is 11.8 Å². The molecule has 4 rings (SSSR count). The fourth-order valence-corrected chi connectivity index (χ4v) is 3.79. The third kappa shape index (κ3) is 4.78. The van der Waals surface area contributed by atoms with Crippen LogP contribution in [-0.2, 0) is 4.79 Å². The molecule has 150 valence electrons. The molecule has 0 saturated carbocycles. The molecule has 0 aliphatic heterocycles. The van der Waals surface area contributed by atoms with Crippen molar-refractivity contribution in [2.24, 2.45) is 0 Å². The van der Waals surface area contributed by atoms with Gasteiger partial charge in [-0.1, -0.05) is 65.7 Å². The van der Waals surface area contributed by atoms with E-state index in [1.54, 1.807) is 0 Å². The molecule has 4 aromatic rings. The summed E-state index contributed by atoms with van der Waals surface area (Å²) in [6.45, 7) is 4.03. The number of nitrogens with zero attached hydrogens (tertiary/aromatic N) is 2. The topological polar surface area (TPSA) is 68.0 Å². The second kappa shape index (κ2) is 8.97. The van der Waals surface area contributed by atoms with Crippen LogP contribution in [0, 0.1) is 13.8 Å². The van der Waals surface area contributed by atoms with E-state index in [9.17, 15) is 4.79 Å². The molecule has 5 nitrogen and oxygen atoms in total. The maximum Gasteiger partial charge on any atom is 0.277 e. The number of rotatable bonds is 6. The first kappa shape index (κ1) is 19.9. The van der Waals surface area contributed by atoms with Gasteiger partial charge in [0.05, 0.1) is 0 Å². The van der Waals surface area contributed by atoms with Gasteiger partial charge in [0.15, 0.2) is 0 Å². The zero-order valence-corrected chi connectivity index (χ0v) is 17.5. The van der Waals surface area contributed by atoms with E-state index in [1.807, 2.05) is 92.7 Å². The second-order valence-corrected chi connectivity index (χ2v) is 8.06. The fraction of sp³-hybridized carbons (Fsp3) is 0.125. The molecule has 1 heterocycles. The van der Waals surface area contributed by atoms with Crippen LogP contribution in [0.3, 0.4) is 0 Å². The second-order valence-electron chi connectivity index (χ2n) is 7.00. The predicted octanol–water partition coefficient (Wildman–Crippen LogP) is 5.83. The van der Waals surface area contributed by atoms with Gasteiger partial charge in [0, 0.05) is 11.3 Å². The van der Waals surface area contributed by atoms with Gasteiger partial charge in [-0.15, -0.1) is 10.2 Å². The van der Waals surface area contributed by atoms with Gasteiger partial charge in [-0.2, -0.15) is 0 Å². The molecule has 1 aromatic heterocycles. The van der Waals surface area contributed by atoms with E-state index in [4.69, 9.17) is 4.42 Å². The van der Waals surface area contributed by atoms with Gasteiger partial charge in [0.1, 0.15) is 5.25 Å². The van der Waals surface area contributed by atoms with Crippen LogP contribution in [0.2, 0.25) is 0 Å². The molecule has 1 atom stereocenters. The van der Waals surface area contributed by atoms with Gasteiger partial charge in [-0.3, -0.25) is 4.79 Å². The zero-order chi connectivity index (χ0) is 20.9. The van der Waals surface area contributed by atoms with Crippen molar-refractivity contribution in [3.63, 3.8) is 0 Å². The molecule has 0 spiro atoms. The van der Waals surface area contributed by atoms with Crippen LogP contribution in [0.15, 0.2) is 88.5 Å². The molecule has 3 aromatic carbocycles. The third-order valence-electron chi connectivity index (χ3n) is 4.58. The highest BCUT2D eigenvalue weighted by Gasteiger charge is 2.25. The summed E-state index contributed by atoms with van der Waals surface area (Å²) in [6, 6.07) is 25.2. The lowest BCUT2D eigenvalue weighted by Crippen LogP contribution is -2.19. The van der Waals surface area contributed by atoms with Crippen molar-refractivity contribution < 1.29 is 9.21 Å². The average Bonchev–Trinajstić information content (AvgIpc) is 3.23. The highest BCUT2D eigenvalue weighted by Crippen LogP contribution is 2.36. The van der Waals surface area contributed by atoms with E-state index in [0.717, 1.165) is 27.9 Å². The van der Waals surface area contributed by atoms with Crippen molar-refractivity contribution in [2.45, 2.75) is 24.3 Å². The lowest BCUT2D eigenvalue weighted by Gasteiger charge is -2.15. The van der Waals surface area contributed by atoms with E-state index >= 15 is 0 Å². The Labute approximate surface area is 179 Å². The van der Waals surface area contributed by atoms with Gasteiger partial charge in [-0.25, -0.2) is 0 Å². The van der Waals surface area contributed by atoms with Crippen molar-refractivity contribution in [2.75, 3.05) is 5.32 Å². The number of carbonyl (C=O) groups is 1. The molecule has 1 N–H and O–H groups in total. The molecular formula is C24H21N3O2S. The minimum Gasteiger partial charge on any atom is -0.411 e. The number of aromatic nitrogens is 2. The average molecular weight is 416 g/mol. The summed E-state index contributed by atoms with van der Waals surface area (Å²) >= 11 is 1.24. The summed E-state index contributed by atoms with van der Waals surface area (Å²) in [5, 5.41) is 11.1. The molecule has 1 amide bonds. The summed E-state index contributed by atoms with van der Waals surface area (Å²) in [7, 11) is 0. The number of hydrogen-bond acceptors (Lipinski definition) is 5. The monoisotopic (exact) mass is 415 g/mol. The lowest BCUT2D eigenvalue weighted by molar-refractivity contribution is -0.115. The fourth-order valence-electron chi connectivity index (χ4n) is 2.92. The van der Waals surface area contributed by atoms with Crippen molar-refractivity contribution in [1.82, 2.24) is 10.2 Å². The number of benzene rings is 3. The Bertz CT molecular complexity index is 1120. The van der Waals surface area contributed by atoms with Crippen LogP contribution in [0.25, 0.3) is 11.5 Å². The molecule has 0 unspecified atom stereocenters. The quantitative estimate of drug-likeness (QED) is 0.402. The summed E-state index contributed by atoms with van der Waals surface area (Å²) in [5.74, 6) is 0.286. The molecule has 6 heteroatoms. The number of amides is 1. The molecule has 0 bridgehead atoms. The van der Waals surface area contributed by atoms with Crippen molar-refractivity contribution in [3.8, 4) is 11.5 Å². The Balaban J connectivity index is 1.57. The van der Waals surface area contributed by atoms with E-state index in [2.05, 4.69) is 15.5 Å². The third-order valence-corrected chi connectivity index (χ3v) is 5.67. The Morgan fingerprint density at radius 2 is 1.50 bits per heavy atom. The smallest absolute Gasteiger partial charge is 0.277 e. The first-order valence-corrected chi connectivity index (χ1v) is 10.5. The number of carbonyl (C=O) groups excluding carboxylic acids is 1. The Morgan fingerprint density at radius 3 is 2.17 bits per heavy atom. The van der Waals surface area contributed by atoms with Gasteiger partial charge < -0.3 is 9.73 Å². The highest BCUT2D eigenvalue weighted by molar-refractivity contribution is 8.00. The predicted molar refractivity (Wildman–Crippen MR) is 119 cm³/mol. The minimum atomic E-state index is -0.529. The van der Waals surface area contributed by atoms with Crippen molar-refractivity contribution in [1.29, 1.82) is 0 Å². The largest absolute Gasteiger partial charge is 0.411 e. The van der Waals surface area contributed by atoms with Crippen molar-refractivity contribution >= 4 is 23.4 Å². The first-order chi connectivity index (χ1) is 14.6. The van der Waals surface area contributed by atoms with E-state index in [0.29, 0.717) is 11.1 Å². The normalized spacial score (nSPS) is 11.8. The Kier molecular flexibility index (Phi) is 5.95. The van der Waals surface area contributed by atoms with Crippen LogP contribution in [-0.4, -0.2) is 16.1 Å². The molecule has 0 fully saturated rings. The summed E-state index contributed by atoms with van der Waals surface area (Å²) in [5.41, 5.74) is 4.75. The number of thioether (sulfide) groups is 1. The van der Waals surface area contributed by atoms with Crippen molar-refractivity contribution in [3.05, 3.63) is 95.6 Å². The van der Waals surface area contributed by atoms with Gasteiger partial charge in [-0.05, 0) is 55.4 Å². The Hall–Kier alpha value is -3.38. The van der Waals surface area contributed by atoms with Gasteiger partial charge in [0.25, 0.3) is 5.22 Å². The number of hydrogen-bond donors (Lipinski definition) is 1. The maximum absolute atomic E-state index is 13.1. The molecule has 0 saturated heterocycles. The van der Waals surface area contributed by atoms with Gasteiger partial charge in [0.2, 0.25) is 11.8 Å². The summed E-state index contributed by atoms with van der Waals surface area (Å²) in [6.07, 6.45) is 0. The van der Waals surface area contributed by atoms with E-state index < -0.39 is 5.25 Å². The molecule has 0 aliphatic carbocycles. The highest BCUT2D eigenvalue weighted by atomic mass is 32.2. The van der Waals surface area contributed by atoms with Gasteiger partial charge >= 0.3 is 0 Å². The van der Waals surface area contributed by atoms with Crippen LogP contribution in [0.4, 0.5) is 5.69 Å². The standard InChI is InChI=1S/C24H21N3O2S/c1-16-8-12-19(13-9-16)23-26-27-24(29-23)30-21(18-6-4-3-5-7-18)22(28)25-20-14-10-17(2)11-15-20/h3-15,21H,1-2H3,(H,25,28)/t21-/m0/s1.